The van der Waals surface area contributed by atoms with Gasteiger partial charge in [-0.15, -0.1) is 11.6 Å². The number of carbonyl (C=O) groups excluding carboxylic acids is 1. The van der Waals surface area contributed by atoms with Crippen molar-refractivity contribution in [2.45, 2.75) is 0 Å². The molecule has 0 heterocycles. The molecule has 32 valence electrons. The predicted molar refractivity (Wildman–Crippen MR) is 22.3 cm³/mol. The third kappa shape index (κ3) is 1.74. The molecule has 0 atom stereocenters. The van der Waals surface area contributed by atoms with Crippen LogP contribution >= 0.6 is 11.6 Å². The number of nitrogens with zero attached hydrogens (tertiary/aromatic N) is 1. The number of halogens is 1. The predicted octanol–water partition coefficient (Wildman–Crippen LogP) is 0.671. The van der Waals surface area contributed by atoms with E-state index in [0.29, 0.717) is 0 Å². The van der Waals surface area contributed by atoms with Crippen molar-refractivity contribution in [3.63, 3.8) is 0 Å². The third-order valence-electron chi connectivity index (χ3n) is 0.239. The summed E-state index contributed by atoms with van der Waals surface area (Å²) in [5.41, 5.74) is 0. The van der Waals surface area contributed by atoms with E-state index in [1.54, 1.807) is 0 Å². The first-order valence-corrected chi connectivity index (χ1v) is 1.81. The highest BCUT2D eigenvalue weighted by molar-refractivity contribution is 6.28. The largest absolute Gasteiger partial charge is 0.369 e. The van der Waals surface area contributed by atoms with Crippen LogP contribution in [0.25, 0.3) is 4.85 Å². The summed E-state index contributed by atoms with van der Waals surface area (Å²) < 4.78 is 0. The van der Waals surface area contributed by atoms with Crippen molar-refractivity contribution >= 4 is 17.5 Å². The van der Waals surface area contributed by atoms with Crippen LogP contribution in [0.4, 0.5) is 0 Å². The van der Waals surface area contributed by atoms with Crippen LogP contribution < -0.4 is 0 Å². The van der Waals surface area contributed by atoms with Crippen molar-refractivity contribution in [2.24, 2.45) is 0 Å². The lowest BCUT2D eigenvalue weighted by Gasteiger charge is -1.67. The zero-order valence-corrected chi connectivity index (χ0v) is 3.70. The molecule has 0 aromatic rings. The average molecular weight is 104 g/mol. The smallest absolute Gasteiger partial charge is 0.314 e. The van der Waals surface area contributed by atoms with E-state index in [2.05, 4.69) is 4.85 Å². The van der Waals surface area contributed by atoms with Gasteiger partial charge in [0, 0.05) is 0 Å². The van der Waals surface area contributed by atoms with Crippen LogP contribution in [0.15, 0.2) is 0 Å². The highest BCUT2D eigenvalue weighted by atomic mass is 35.5. The van der Waals surface area contributed by atoms with Gasteiger partial charge in [0.1, 0.15) is 0 Å². The molecule has 1 amide bonds. The monoisotopic (exact) mass is 103 g/mol. The van der Waals surface area contributed by atoms with Crippen LogP contribution in [0.5, 0.6) is 0 Å². The van der Waals surface area contributed by atoms with E-state index in [-0.39, 0.29) is 5.88 Å². The Morgan fingerprint density at radius 1 is 2.00 bits per heavy atom. The van der Waals surface area contributed by atoms with Gasteiger partial charge in [-0.2, -0.15) is 4.85 Å². The number of alkyl halides is 1. The molecule has 3 heteroatoms. The summed E-state index contributed by atoms with van der Waals surface area (Å²) in [6.45, 7) is 6.00. The molecule has 6 heavy (non-hydrogen) atoms. The fourth-order valence-electron chi connectivity index (χ4n) is 0.0299. The van der Waals surface area contributed by atoms with Gasteiger partial charge in [0.05, 0.1) is 12.5 Å². The molecule has 0 aliphatic heterocycles. The molecule has 0 aromatic heterocycles. The number of hydrogen-bond acceptors (Lipinski definition) is 1. The minimum Gasteiger partial charge on any atom is -0.314 e. The standard InChI is InChI=1S/C3H2ClNO/c1-5-3(6)2-4/h2H2. The number of carbonyl (C=O) groups is 1. The normalized spacial score (nSPS) is 6.67. The van der Waals surface area contributed by atoms with Crippen molar-refractivity contribution < 1.29 is 4.79 Å². The van der Waals surface area contributed by atoms with Crippen LogP contribution in [0.2, 0.25) is 0 Å². The Labute approximate surface area is 40.5 Å². The SMILES string of the molecule is [C-]#[N+]C(=O)CCl. The van der Waals surface area contributed by atoms with E-state index in [0.717, 1.165) is 0 Å². The van der Waals surface area contributed by atoms with Gasteiger partial charge < -0.3 is 4.79 Å². The Balaban J connectivity index is 3.33. The fourth-order valence-corrected chi connectivity index (χ4v) is 0.0896. The Morgan fingerprint density at radius 3 is 2.50 bits per heavy atom. The van der Waals surface area contributed by atoms with Gasteiger partial charge in [-0.25, -0.2) is 0 Å². The fraction of sp³-hybridized carbons (Fsp3) is 0.333. The average Bonchev–Trinajstić information content (AvgIpc) is 1.65. The molecule has 0 aromatic carbocycles. The summed E-state index contributed by atoms with van der Waals surface area (Å²) in [4.78, 5) is 12.2. The molecule has 0 aliphatic carbocycles. The van der Waals surface area contributed by atoms with Gasteiger partial charge in [-0.05, 0) is 0 Å². The van der Waals surface area contributed by atoms with Gasteiger partial charge in [-0.1, -0.05) is 0 Å². The van der Waals surface area contributed by atoms with Crippen molar-refractivity contribution in [3.8, 4) is 0 Å². The van der Waals surface area contributed by atoms with E-state index in [9.17, 15) is 4.79 Å². The first-order valence-electron chi connectivity index (χ1n) is 1.27. The second-order valence-corrected chi connectivity index (χ2v) is 0.906. The molecule has 0 saturated carbocycles. The lowest BCUT2D eigenvalue weighted by atomic mass is 10.8. The lowest BCUT2D eigenvalue weighted by molar-refractivity contribution is -0.112. The molecular weight excluding hydrogens is 101 g/mol. The Hall–Kier alpha value is -0.550. The van der Waals surface area contributed by atoms with Gasteiger partial charge in [-0.3, -0.25) is 0 Å². The molecule has 0 N–H and O–H groups in total. The first kappa shape index (κ1) is 5.45. The second kappa shape index (κ2) is 2.67. The Morgan fingerprint density at radius 2 is 2.50 bits per heavy atom. The van der Waals surface area contributed by atoms with Crippen LogP contribution in [-0.2, 0) is 4.79 Å². The summed E-state index contributed by atoms with van der Waals surface area (Å²) in [5, 5.41) is 0. The maximum absolute atomic E-state index is 9.69. The zero-order valence-electron chi connectivity index (χ0n) is 2.94. The van der Waals surface area contributed by atoms with Gasteiger partial charge in [0.2, 0.25) is 0 Å². The van der Waals surface area contributed by atoms with E-state index >= 15 is 0 Å². The van der Waals surface area contributed by atoms with Gasteiger partial charge in [0.15, 0.2) is 0 Å². The number of hydrogen-bond donors (Lipinski definition) is 0. The maximum atomic E-state index is 9.69. The number of rotatable bonds is 1. The molecule has 0 aliphatic rings. The molecule has 0 fully saturated rings. The molecule has 0 spiro atoms. The number of amides is 1. The van der Waals surface area contributed by atoms with E-state index in [1.165, 1.54) is 0 Å². The molecule has 0 rings (SSSR count). The van der Waals surface area contributed by atoms with E-state index in [4.69, 9.17) is 18.2 Å². The minimum absolute atomic E-state index is 0.191. The molecule has 0 unspecified atom stereocenters. The second-order valence-electron chi connectivity index (χ2n) is 0.639. The highest BCUT2D eigenvalue weighted by Crippen LogP contribution is 1.76. The van der Waals surface area contributed by atoms with Crippen molar-refractivity contribution in [1.82, 2.24) is 0 Å². The molecule has 2 nitrogen and oxygen atoms in total. The zero-order chi connectivity index (χ0) is 4.99. The summed E-state index contributed by atoms with van der Waals surface area (Å²) >= 11 is 4.89. The molecule has 0 saturated heterocycles. The van der Waals surface area contributed by atoms with Crippen molar-refractivity contribution in [1.29, 1.82) is 0 Å². The highest BCUT2D eigenvalue weighted by Gasteiger charge is 1.89. The maximum Gasteiger partial charge on any atom is 0.369 e. The van der Waals surface area contributed by atoms with Crippen LogP contribution in [0, 0.1) is 6.57 Å². The Kier molecular flexibility index (Phi) is 2.43. The quantitative estimate of drug-likeness (QED) is 0.353. The summed E-state index contributed by atoms with van der Waals surface area (Å²) in [7, 11) is 0. The van der Waals surface area contributed by atoms with Crippen LogP contribution in [0.3, 0.4) is 0 Å². The van der Waals surface area contributed by atoms with Gasteiger partial charge >= 0.3 is 5.91 Å². The van der Waals surface area contributed by atoms with E-state index < -0.39 is 5.91 Å². The Bertz CT molecular complexity index is 93.5. The molecule has 0 bridgehead atoms. The molecular formula is C3H2ClNO. The van der Waals surface area contributed by atoms with Crippen LogP contribution in [-0.4, -0.2) is 11.8 Å². The van der Waals surface area contributed by atoms with Crippen molar-refractivity contribution in [2.75, 3.05) is 5.88 Å². The van der Waals surface area contributed by atoms with Gasteiger partial charge in [0.25, 0.3) is 0 Å². The third-order valence-corrected chi connectivity index (χ3v) is 0.468. The summed E-state index contributed by atoms with van der Waals surface area (Å²) in [5.74, 6) is -0.791. The summed E-state index contributed by atoms with van der Waals surface area (Å²) in [6.07, 6.45) is 0. The minimum atomic E-state index is -0.600. The topological polar surface area (TPSA) is 21.4 Å². The first-order chi connectivity index (χ1) is 2.81. The molecule has 0 radical (unpaired) electrons. The van der Waals surface area contributed by atoms with Crippen molar-refractivity contribution in [3.05, 3.63) is 11.4 Å². The van der Waals surface area contributed by atoms with E-state index in [1.807, 2.05) is 0 Å². The summed E-state index contributed by atoms with van der Waals surface area (Å²) in [6, 6.07) is 0. The van der Waals surface area contributed by atoms with Crippen LogP contribution in [0.1, 0.15) is 0 Å². The lowest BCUT2D eigenvalue weighted by Crippen LogP contribution is -1.86.